The van der Waals surface area contributed by atoms with Crippen LogP contribution >= 0.6 is 0 Å². The molecule has 2 amide bonds. The quantitative estimate of drug-likeness (QED) is 0.148. The van der Waals surface area contributed by atoms with Gasteiger partial charge in [0.05, 0.1) is 0 Å². The van der Waals surface area contributed by atoms with E-state index in [1.54, 1.807) is 0 Å². The first-order chi connectivity index (χ1) is 33.3. The van der Waals surface area contributed by atoms with Gasteiger partial charge in [0.15, 0.2) is 0 Å². The van der Waals surface area contributed by atoms with Crippen molar-refractivity contribution < 1.29 is 15.1 Å². The van der Waals surface area contributed by atoms with Crippen molar-refractivity contribution in [3.63, 3.8) is 0 Å². The highest BCUT2D eigenvalue weighted by atomic mass is 16.2. The topological polar surface area (TPSA) is 154 Å². The van der Waals surface area contributed by atoms with E-state index in [9.17, 15) is 9.59 Å². The molecule has 10 aliphatic rings. The molecule has 0 spiro atoms. The average Bonchev–Trinajstić information content (AvgIpc) is 3.35. The summed E-state index contributed by atoms with van der Waals surface area (Å²) in [5, 5.41) is 7.19. The third-order valence-electron chi connectivity index (χ3n) is 17.7. The summed E-state index contributed by atoms with van der Waals surface area (Å²) in [6, 6.07) is 25.3. The maximum atomic E-state index is 13.8. The van der Waals surface area contributed by atoms with Crippen molar-refractivity contribution in [2.45, 2.75) is 102 Å². The number of hydrogen-bond donors (Lipinski definition) is 2. The fourth-order valence-electron chi connectivity index (χ4n) is 15.4. The molecule has 2 aliphatic heterocycles. The van der Waals surface area contributed by atoms with E-state index in [0.29, 0.717) is 11.8 Å². The van der Waals surface area contributed by atoms with Gasteiger partial charge in [0, 0.05) is 113 Å². The molecule has 69 heavy (non-hydrogen) atoms. The maximum absolute atomic E-state index is 13.8. The van der Waals surface area contributed by atoms with E-state index in [1.165, 1.54) is 49.7 Å². The first kappa shape index (κ1) is 47.7. The third kappa shape index (κ3) is 11.2. The molecular weight excluding hydrogens is 861 g/mol. The van der Waals surface area contributed by atoms with Crippen LogP contribution in [0.1, 0.15) is 88.2 Å². The van der Waals surface area contributed by atoms with Crippen LogP contribution in [0.4, 0.5) is 11.9 Å². The fraction of sp³-hybridized carbons (Fsp3) is 0.607. The number of benzene rings is 2. The van der Waals surface area contributed by atoms with Crippen LogP contribution < -0.4 is 20.4 Å². The molecule has 14 rings (SSSR count). The van der Waals surface area contributed by atoms with Crippen LogP contribution in [0.2, 0.25) is 0 Å². The molecule has 4 N–H and O–H groups in total. The molecule has 13 heteroatoms. The van der Waals surface area contributed by atoms with Crippen LogP contribution in [0.15, 0.2) is 97.6 Å². The summed E-state index contributed by atoms with van der Waals surface area (Å²) in [4.78, 5) is 54.8. The standard InChI is InChI=1S/2C28H37N5O.H2O/c2*34-26(28-17-22-13-23(18-28)15-24(14-22)19-28)31-25(16-21-5-2-1-3-6-21)20-32-9-11-33(12-10-32)27-29-7-4-8-30-27;/h2*1-8,22-25H,9-20H2,(H,31,34);1H2/t2*22?,23?,24?,25-,28?;/m11./s1. The summed E-state index contributed by atoms with van der Waals surface area (Å²) in [6.45, 7) is 9.36. The molecule has 0 unspecified atom stereocenters. The zero-order valence-corrected chi connectivity index (χ0v) is 40.7. The van der Waals surface area contributed by atoms with Crippen LogP contribution in [0.5, 0.6) is 0 Å². The normalized spacial score (nSPS) is 31.0. The monoisotopic (exact) mass is 937 g/mol. The molecule has 8 aliphatic carbocycles. The SMILES string of the molecule is O.O=C(N[C@H](Cc1ccccc1)CN1CCN(c2ncccn2)CC1)C12CC3CC(CC(C3)C1)C2.O=C(N[C@H](Cc1ccccc1)CN1CCN(c2ncccn2)CC1)C12CC3CC(CC(C3)C1)C2. The second-order valence-corrected chi connectivity index (χ2v) is 22.8. The van der Waals surface area contributed by atoms with Gasteiger partial charge in [-0.3, -0.25) is 19.4 Å². The Hall–Kier alpha value is -4.98. The van der Waals surface area contributed by atoms with Crippen molar-refractivity contribution in [1.29, 1.82) is 0 Å². The van der Waals surface area contributed by atoms with E-state index in [1.807, 2.05) is 36.9 Å². The Kier molecular flexibility index (Phi) is 14.6. The van der Waals surface area contributed by atoms with Gasteiger partial charge in [-0.1, -0.05) is 60.7 Å². The Bertz CT molecular complexity index is 2040. The van der Waals surface area contributed by atoms with Crippen molar-refractivity contribution in [2.75, 3.05) is 75.2 Å². The number of carbonyl (C=O) groups is 2. The second-order valence-electron chi connectivity index (χ2n) is 22.8. The molecular formula is C56H76N10O3. The Balaban J connectivity index is 0.000000158. The molecule has 13 nitrogen and oxygen atoms in total. The van der Waals surface area contributed by atoms with Gasteiger partial charge in [0.25, 0.3) is 0 Å². The van der Waals surface area contributed by atoms with Crippen molar-refractivity contribution in [3.8, 4) is 0 Å². The number of nitrogens with zero attached hydrogens (tertiary/aromatic N) is 8. The lowest BCUT2D eigenvalue weighted by Crippen LogP contribution is -2.58. The van der Waals surface area contributed by atoms with Crippen LogP contribution in [-0.4, -0.2) is 125 Å². The van der Waals surface area contributed by atoms with Crippen LogP contribution in [-0.2, 0) is 22.4 Å². The Morgan fingerprint density at radius 2 is 0.768 bits per heavy atom. The van der Waals surface area contributed by atoms with E-state index in [-0.39, 0.29) is 28.4 Å². The molecule has 10 fully saturated rings. The highest BCUT2D eigenvalue weighted by molar-refractivity contribution is 5.84. The number of carbonyl (C=O) groups excluding carboxylic acids is 2. The summed E-state index contributed by atoms with van der Waals surface area (Å²) < 4.78 is 0. The van der Waals surface area contributed by atoms with Crippen LogP contribution in [0.25, 0.3) is 0 Å². The number of hydrogen-bond acceptors (Lipinski definition) is 10. The van der Waals surface area contributed by atoms with Crippen molar-refractivity contribution in [1.82, 2.24) is 40.4 Å². The molecule has 0 radical (unpaired) electrons. The van der Waals surface area contributed by atoms with Crippen molar-refractivity contribution in [3.05, 3.63) is 109 Å². The molecule has 4 aromatic rings. The number of aromatic nitrogens is 4. The van der Waals surface area contributed by atoms with E-state index < -0.39 is 0 Å². The first-order valence-corrected chi connectivity index (χ1v) is 26.5. The lowest BCUT2D eigenvalue weighted by atomic mass is 9.49. The molecule has 4 heterocycles. The maximum Gasteiger partial charge on any atom is 0.226 e. The molecule has 2 atom stereocenters. The largest absolute Gasteiger partial charge is 0.412 e. The Morgan fingerprint density at radius 1 is 0.464 bits per heavy atom. The number of amides is 2. The fourth-order valence-corrected chi connectivity index (χ4v) is 15.4. The molecule has 2 saturated heterocycles. The minimum atomic E-state index is -0.0902. The number of piperazine rings is 2. The number of nitrogens with one attached hydrogen (secondary N) is 2. The summed E-state index contributed by atoms with van der Waals surface area (Å²) in [5.74, 6) is 7.08. The zero-order chi connectivity index (χ0) is 45.9. The molecule has 2 aromatic heterocycles. The second kappa shape index (κ2) is 21.2. The molecule has 8 saturated carbocycles. The van der Waals surface area contributed by atoms with Crippen LogP contribution in [0.3, 0.4) is 0 Å². The smallest absolute Gasteiger partial charge is 0.226 e. The first-order valence-electron chi connectivity index (χ1n) is 26.5. The Labute approximate surface area is 410 Å². The predicted octanol–water partition coefficient (Wildman–Crippen LogP) is 6.26. The van der Waals surface area contributed by atoms with Crippen molar-refractivity contribution in [2.24, 2.45) is 46.3 Å². The van der Waals surface area contributed by atoms with Crippen LogP contribution in [0, 0.1) is 46.3 Å². The summed E-state index contributed by atoms with van der Waals surface area (Å²) >= 11 is 0. The molecule has 8 bridgehead atoms. The van der Waals surface area contributed by atoms with E-state index >= 15 is 0 Å². The van der Waals surface area contributed by atoms with Gasteiger partial charge in [-0.05, 0) is 149 Å². The number of rotatable bonds is 14. The lowest BCUT2D eigenvalue weighted by Gasteiger charge is -2.56. The molecule has 2 aromatic carbocycles. The van der Waals surface area contributed by atoms with Gasteiger partial charge in [0.1, 0.15) is 0 Å². The predicted molar refractivity (Wildman–Crippen MR) is 270 cm³/mol. The summed E-state index contributed by atoms with van der Waals surface area (Å²) in [7, 11) is 0. The molecule has 368 valence electrons. The van der Waals surface area contributed by atoms with Crippen molar-refractivity contribution >= 4 is 23.7 Å². The van der Waals surface area contributed by atoms with Gasteiger partial charge in [-0.2, -0.15) is 0 Å². The highest BCUT2D eigenvalue weighted by Crippen LogP contribution is 2.61. The zero-order valence-electron chi connectivity index (χ0n) is 40.7. The van der Waals surface area contributed by atoms with Gasteiger partial charge >= 0.3 is 0 Å². The summed E-state index contributed by atoms with van der Waals surface area (Å²) in [6.07, 6.45) is 24.0. The van der Waals surface area contributed by atoms with Gasteiger partial charge in [0.2, 0.25) is 23.7 Å². The van der Waals surface area contributed by atoms with E-state index in [2.05, 4.69) is 111 Å². The lowest BCUT2D eigenvalue weighted by molar-refractivity contribution is -0.147. The average molecular weight is 937 g/mol. The van der Waals surface area contributed by atoms with Gasteiger partial charge in [-0.25, -0.2) is 19.9 Å². The third-order valence-corrected chi connectivity index (χ3v) is 17.7. The minimum absolute atomic E-state index is 0. The van der Waals surface area contributed by atoms with E-state index in [4.69, 9.17) is 0 Å². The number of anilines is 2. The highest BCUT2D eigenvalue weighted by Gasteiger charge is 2.56. The van der Waals surface area contributed by atoms with Gasteiger partial charge < -0.3 is 25.9 Å². The van der Waals surface area contributed by atoms with E-state index in [0.717, 1.165) is 164 Å². The van der Waals surface area contributed by atoms with Gasteiger partial charge in [-0.15, -0.1) is 0 Å². The summed E-state index contributed by atoms with van der Waals surface area (Å²) in [5.41, 5.74) is 2.42. The Morgan fingerprint density at radius 3 is 1.07 bits per heavy atom. The minimum Gasteiger partial charge on any atom is -0.412 e.